The van der Waals surface area contributed by atoms with Crippen LogP contribution in [0.15, 0.2) is 45.4 Å². The molecule has 3 rings (SSSR count). The largest absolute Gasteiger partial charge is 0.385 e. The number of allylic oxidation sites excluding steroid dienone is 3. The maximum absolute atomic E-state index is 10.8. The van der Waals surface area contributed by atoms with E-state index in [1.165, 1.54) is 5.56 Å². The number of aliphatic hydroxyl groups is 1. The smallest absolute Gasteiger partial charge is 0.0943 e. The predicted molar refractivity (Wildman–Crippen MR) is 76.1 cm³/mol. The number of rotatable bonds is 0. The second-order valence-corrected chi connectivity index (χ2v) is 6.67. The van der Waals surface area contributed by atoms with Crippen LogP contribution in [0.1, 0.15) is 24.0 Å². The lowest BCUT2D eigenvalue weighted by atomic mass is 9.82. The van der Waals surface area contributed by atoms with E-state index in [0.717, 1.165) is 14.5 Å². The van der Waals surface area contributed by atoms with Crippen molar-refractivity contribution in [2.24, 2.45) is 5.92 Å². The highest BCUT2D eigenvalue weighted by molar-refractivity contribution is 9.12. The SMILES string of the molecule is CC1(O)c2cc(Br)ccc2C2C=CC(Br)=CC21. The van der Waals surface area contributed by atoms with Crippen LogP contribution >= 0.6 is 31.9 Å². The molecule has 1 nitrogen and oxygen atoms in total. The minimum absolute atomic E-state index is 0.117. The molecule has 0 aromatic heterocycles. The summed E-state index contributed by atoms with van der Waals surface area (Å²) in [5, 5.41) is 10.8. The van der Waals surface area contributed by atoms with E-state index in [1.54, 1.807) is 0 Å². The van der Waals surface area contributed by atoms with Crippen molar-refractivity contribution in [2.75, 3.05) is 0 Å². The van der Waals surface area contributed by atoms with Gasteiger partial charge in [-0.15, -0.1) is 0 Å². The molecule has 17 heavy (non-hydrogen) atoms. The Labute approximate surface area is 117 Å². The molecular weight excluding hydrogens is 344 g/mol. The number of hydrogen-bond acceptors (Lipinski definition) is 1. The summed E-state index contributed by atoms with van der Waals surface area (Å²) in [6.45, 7) is 1.90. The first-order valence-corrected chi connectivity index (χ1v) is 7.16. The third kappa shape index (κ3) is 1.67. The first-order chi connectivity index (χ1) is 8.00. The van der Waals surface area contributed by atoms with E-state index in [1.807, 2.05) is 19.1 Å². The van der Waals surface area contributed by atoms with Gasteiger partial charge in [-0.05, 0) is 30.2 Å². The minimum Gasteiger partial charge on any atom is -0.385 e. The second-order valence-electron chi connectivity index (χ2n) is 4.84. The van der Waals surface area contributed by atoms with Crippen LogP contribution in [-0.2, 0) is 5.60 Å². The first kappa shape index (κ1) is 11.7. The van der Waals surface area contributed by atoms with E-state index in [-0.39, 0.29) is 11.8 Å². The molecule has 0 radical (unpaired) electrons. The van der Waals surface area contributed by atoms with Gasteiger partial charge >= 0.3 is 0 Å². The third-order valence-electron chi connectivity index (χ3n) is 3.76. The Hall–Kier alpha value is -0.380. The van der Waals surface area contributed by atoms with Crippen molar-refractivity contribution in [3.8, 4) is 0 Å². The molecule has 0 aliphatic heterocycles. The van der Waals surface area contributed by atoms with Crippen molar-refractivity contribution < 1.29 is 5.11 Å². The quantitative estimate of drug-likeness (QED) is 0.738. The molecule has 0 amide bonds. The highest BCUT2D eigenvalue weighted by atomic mass is 79.9. The molecule has 0 saturated carbocycles. The molecule has 88 valence electrons. The van der Waals surface area contributed by atoms with Crippen LogP contribution < -0.4 is 0 Å². The Bertz CT molecular complexity index is 543. The molecule has 3 heteroatoms. The number of halogens is 2. The van der Waals surface area contributed by atoms with Gasteiger partial charge in [-0.3, -0.25) is 0 Å². The van der Waals surface area contributed by atoms with Gasteiger partial charge in [0, 0.05) is 20.8 Å². The summed E-state index contributed by atoms with van der Waals surface area (Å²) in [5.74, 6) is 0.403. The van der Waals surface area contributed by atoms with Crippen molar-refractivity contribution in [3.63, 3.8) is 0 Å². The fraction of sp³-hybridized carbons (Fsp3) is 0.286. The van der Waals surface area contributed by atoms with Gasteiger partial charge in [0.1, 0.15) is 0 Å². The predicted octanol–water partition coefficient (Wildman–Crippen LogP) is 4.22. The third-order valence-corrected chi connectivity index (χ3v) is 4.78. The Morgan fingerprint density at radius 3 is 2.82 bits per heavy atom. The zero-order valence-electron chi connectivity index (χ0n) is 9.32. The van der Waals surface area contributed by atoms with Crippen LogP contribution in [0.4, 0.5) is 0 Å². The molecule has 0 heterocycles. The van der Waals surface area contributed by atoms with E-state index in [0.29, 0.717) is 0 Å². The first-order valence-electron chi connectivity index (χ1n) is 5.58. The Balaban J connectivity index is 2.21. The van der Waals surface area contributed by atoms with Gasteiger partial charge < -0.3 is 5.11 Å². The van der Waals surface area contributed by atoms with E-state index in [2.05, 4.69) is 56.2 Å². The van der Waals surface area contributed by atoms with Crippen molar-refractivity contribution in [1.29, 1.82) is 0 Å². The van der Waals surface area contributed by atoms with Crippen LogP contribution in [-0.4, -0.2) is 5.11 Å². The molecule has 2 aliphatic rings. The maximum Gasteiger partial charge on any atom is 0.0943 e. The summed E-state index contributed by atoms with van der Waals surface area (Å²) >= 11 is 6.96. The summed E-state index contributed by atoms with van der Waals surface area (Å²) < 4.78 is 2.06. The highest BCUT2D eigenvalue weighted by Gasteiger charge is 2.46. The number of fused-ring (bicyclic) bond motifs is 3. The standard InChI is InChI=1S/C14H12Br2O/c1-14(17)12-6-8(15)2-4-10(12)11-5-3-9(16)7-13(11)14/h2-7,10,12,17H,1H3. The fourth-order valence-corrected chi connectivity index (χ4v) is 3.69. The van der Waals surface area contributed by atoms with E-state index in [9.17, 15) is 5.11 Å². The zero-order chi connectivity index (χ0) is 12.2. The summed E-state index contributed by atoms with van der Waals surface area (Å²) in [6.07, 6.45) is 6.34. The van der Waals surface area contributed by atoms with E-state index in [4.69, 9.17) is 0 Å². The zero-order valence-corrected chi connectivity index (χ0v) is 12.5. The molecule has 3 atom stereocenters. The van der Waals surface area contributed by atoms with Crippen LogP contribution in [0.5, 0.6) is 0 Å². The summed E-state index contributed by atoms with van der Waals surface area (Å²) in [4.78, 5) is 0. The Kier molecular flexibility index (Phi) is 2.62. The normalized spacial score (nSPS) is 34.2. The van der Waals surface area contributed by atoms with Crippen LogP contribution in [0.3, 0.4) is 0 Å². The monoisotopic (exact) mass is 354 g/mol. The number of benzene rings is 1. The molecular formula is C14H12Br2O. The van der Waals surface area contributed by atoms with Gasteiger partial charge in [0.2, 0.25) is 0 Å². The van der Waals surface area contributed by atoms with Gasteiger partial charge in [-0.1, -0.05) is 56.2 Å². The highest BCUT2D eigenvalue weighted by Crippen LogP contribution is 2.53. The number of hydrogen-bond donors (Lipinski definition) is 1. The molecule has 0 bridgehead atoms. The summed E-state index contributed by atoms with van der Waals surface area (Å²) in [6, 6.07) is 6.18. The van der Waals surface area contributed by atoms with Crippen molar-refractivity contribution in [3.05, 3.63) is 56.5 Å². The van der Waals surface area contributed by atoms with Crippen LogP contribution in [0, 0.1) is 5.92 Å². The minimum atomic E-state index is -0.798. The summed E-state index contributed by atoms with van der Waals surface area (Å²) in [7, 11) is 0. The Morgan fingerprint density at radius 2 is 2.06 bits per heavy atom. The van der Waals surface area contributed by atoms with E-state index >= 15 is 0 Å². The average Bonchev–Trinajstić information content (AvgIpc) is 2.49. The molecule has 0 saturated heterocycles. The molecule has 3 unspecified atom stereocenters. The molecule has 1 aromatic rings. The van der Waals surface area contributed by atoms with Gasteiger partial charge in [0.25, 0.3) is 0 Å². The summed E-state index contributed by atoms with van der Waals surface area (Å²) in [5.41, 5.74) is 1.47. The fourth-order valence-electron chi connectivity index (χ4n) is 2.89. The van der Waals surface area contributed by atoms with Gasteiger partial charge in [0.05, 0.1) is 5.60 Å². The lowest BCUT2D eigenvalue weighted by molar-refractivity contribution is 0.0223. The van der Waals surface area contributed by atoms with Crippen LogP contribution in [0.25, 0.3) is 0 Å². The molecule has 1 N–H and O–H groups in total. The van der Waals surface area contributed by atoms with Gasteiger partial charge in [-0.25, -0.2) is 0 Å². The Morgan fingerprint density at radius 1 is 1.29 bits per heavy atom. The van der Waals surface area contributed by atoms with Gasteiger partial charge in [-0.2, -0.15) is 0 Å². The van der Waals surface area contributed by atoms with Crippen molar-refractivity contribution in [1.82, 2.24) is 0 Å². The van der Waals surface area contributed by atoms with Gasteiger partial charge in [0.15, 0.2) is 0 Å². The second kappa shape index (κ2) is 3.81. The topological polar surface area (TPSA) is 20.2 Å². The average molecular weight is 356 g/mol. The molecule has 2 aliphatic carbocycles. The molecule has 0 spiro atoms. The molecule has 1 aromatic carbocycles. The lowest BCUT2D eigenvalue weighted by Gasteiger charge is -2.28. The van der Waals surface area contributed by atoms with Crippen LogP contribution in [0.2, 0.25) is 0 Å². The lowest BCUT2D eigenvalue weighted by Crippen LogP contribution is -2.28. The molecule has 0 fully saturated rings. The maximum atomic E-state index is 10.8. The van der Waals surface area contributed by atoms with Crippen molar-refractivity contribution in [2.45, 2.75) is 18.4 Å². The van der Waals surface area contributed by atoms with E-state index < -0.39 is 5.60 Å². The van der Waals surface area contributed by atoms with Crippen molar-refractivity contribution >= 4 is 31.9 Å².